The minimum atomic E-state index is 0.000726. The third kappa shape index (κ3) is 4.60. The highest BCUT2D eigenvalue weighted by Crippen LogP contribution is 2.18. The number of H-pyrrole nitrogens is 1. The van der Waals surface area contributed by atoms with Gasteiger partial charge in [0.05, 0.1) is 17.6 Å². The van der Waals surface area contributed by atoms with Gasteiger partial charge in [0.25, 0.3) is 0 Å². The Morgan fingerprint density at radius 2 is 1.96 bits per heavy atom. The van der Waals surface area contributed by atoms with Gasteiger partial charge in [0.1, 0.15) is 0 Å². The Morgan fingerprint density at radius 3 is 2.79 bits per heavy atom. The van der Waals surface area contributed by atoms with Crippen LogP contribution in [0.3, 0.4) is 0 Å². The number of rotatable bonds is 6. The molecule has 1 aromatic heterocycles. The molecule has 1 amide bonds. The number of fused-ring (bicyclic) bond motifs is 1. The monoisotopic (exact) mass is 376 g/mol. The lowest BCUT2D eigenvalue weighted by atomic mass is 9.99. The van der Waals surface area contributed by atoms with Crippen LogP contribution in [0.2, 0.25) is 0 Å². The van der Waals surface area contributed by atoms with Crippen LogP contribution in [0.15, 0.2) is 48.5 Å². The highest BCUT2D eigenvalue weighted by atomic mass is 16.1. The smallest absolute Gasteiger partial charge is 0.226 e. The van der Waals surface area contributed by atoms with E-state index >= 15 is 0 Å². The predicted octanol–water partition coefficient (Wildman–Crippen LogP) is 3.65. The number of carbonyl (C=O) groups is 1. The van der Waals surface area contributed by atoms with Gasteiger partial charge in [-0.05, 0) is 42.5 Å². The number of nitrogens with zero attached hydrogens (tertiary/aromatic N) is 2. The summed E-state index contributed by atoms with van der Waals surface area (Å²) in [6.45, 7) is 6.30. The zero-order valence-corrected chi connectivity index (χ0v) is 16.4. The van der Waals surface area contributed by atoms with Gasteiger partial charge >= 0.3 is 0 Å². The van der Waals surface area contributed by atoms with Crippen LogP contribution in [0, 0.1) is 5.92 Å². The standard InChI is InChI=1S/C23H28N4O/c1-17-5-4-12-27(15-17)16-19-10-8-18(9-11-19)14-24-23(28)13-22-20-6-2-3-7-21(20)25-26-22/h2-3,6-11,17H,4-5,12-16H2,1H3,(H,24,28)(H,25,26)/t17-/m0/s1. The maximum Gasteiger partial charge on any atom is 0.226 e. The van der Waals surface area contributed by atoms with E-state index in [2.05, 4.69) is 51.6 Å². The predicted molar refractivity (Wildman–Crippen MR) is 112 cm³/mol. The first-order valence-electron chi connectivity index (χ1n) is 10.2. The molecule has 0 radical (unpaired) electrons. The third-order valence-electron chi connectivity index (χ3n) is 5.54. The van der Waals surface area contributed by atoms with Gasteiger partial charge in [0, 0.05) is 25.0 Å². The van der Waals surface area contributed by atoms with Crippen LogP contribution in [-0.2, 0) is 24.3 Å². The van der Waals surface area contributed by atoms with E-state index in [1.54, 1.807) is 0 Å². The normalized spacial score (nSPS) is 17.7. The van der Waals surface area contributed by atoms with E-state index in [4.69, 9.17) is 0 Å². The first kappa shape index (κ1) is 18.7. The van der Waals surface area contributed by atoms with Crippen molar-refractivity contribution in [2.75, 3.05) is 13.1 Å². The number of benzene rings is 2. The molecule has 146 valence electrons. The van der Waals surface area contributed by atoms with E-state index < -0.39 is 0 Å². The number of likely N-dealkylation sites (tertiary alicyclic amines) is 1. The molecule has 1 aliphatic heterocycles. The molecular weight excluding hydrogens is 348 g/mol. The Kier molecular flexibility index (Phi) is 5.72. The average molecular weight is 377 g/mol. The van der Waals surface area contributed by atoms with Gasteiger partial charge in [0.2, 0.25) is 5.91 Å². The fourth-order valence-electron chi connectivity index (χ4n) is 4.02. The van der Waals surface area contributed by atoms with Crippen LogP contribution in [-0.4, -0.2) is 34.1 Å². The molecule has 0 aliphatic carbocycles. The van der Waals surface area contributed by atoms with Gasteiger partial charge in [-0.3, -0.25) is 14.8 Å². The first-order valence-corrected chi connectivity index (χ1v) is 10.2. The molecule has 2 heterocycles. The quantitative estimate of drug-likeness (QED) is 0.690. The number of aromatic amines is 1. The maximum atomic E-state index is 12.3. The topological polar surface area (TPSA) is 61.0 Å². The molecule has 0 spiro atoms. The van der Waals surface area contributed by atoms with Crippen LogP contribution in [0.5, 0.6) is 0 Å². The van der Waals surface area contributed by atoms with Gasteiger partial charge in [-0.2, -0.15) is 5.10 Å². The highest BCUT2D eigenvalue weighted by molar-refractivity contribution is 5.87. The van der Waals surface area contributed by atoms with Crippen molar-refractivity contribution in [3.05, 3.63) is 65.4 Å². The van der Waals surface area contributed by atoms with E-state index in [1.165, 1.54) is 31.5 Å². The maximum absolute atomic E-state index is 12.3. The molecule has 2 aromatic carbocycles. The number of nitrogens with one attached hydrogen (secondary N) is 2. The van der Waals surface area contributed by atoms with Gasteiger partial charge in [-0.1, -0.05) is 49.4 Å². The number of hydrogen-bond donors (Lipinski definition) is 2. The summed E-state index contributed by atoms with van der Waals surface area (Å²) >= 11 is 0. The Labute approximate surface area is 166 Å². The molecular formula is C23H28N4O. The second kappa shape index (κ2) is 8.57. The van der Waals surface area contributed by atoms with Gasteiger partial charge in [-0.25, -0.2) is 0 Å². The van der Waals surface area contributed by atoms with Crippen LogP contribution in [0.25, 0.3) is 10.9 Å². The Bertz CT molecular complexity index is 931. The second-order valence-electron chi connectivity index (χ2n) is 7.97. The summed E-state index contributed by atoms with van der Waals surface area (Å²) in [4.78, 5) is 14.9. The summed E-state index contributed by atoms with van der Waals surface area (Å²) < 4.78 is 0. The van der Waals surface area contributed by atoms with Crippen molar-refractivity contribution in [2.24, 2.45) is 5.92 Å². The minimum Gasteiger partial charge on any atom is -0.352 e. The van der Waals surface area contributed by atoms with E-state index in [1.807, 2.05) is 24.3 Å². The van der Waals surface area contributed by atoms with Crippen LogP contribution in [0.1, 0.15) is 36.6 Å². The SMILES string of the molecule is C[C@H]1CCCN(Cc2ccc(CNC(=O)Cc3[nH]nc4ccccc34)cc2)C1. The molecule has 1 saturated heterocycles. The summed E-state index contributed by atoms with van der Waals surface area (Å²) in [6, 6.07) is 16.5. The van der Waals surface area contributed by atoms with Crippen molar-refractivity contribution in [1.29, 1.82) is 0 Å². The van der Waals surface area contributed by atoms with Crippen molar-refractivity contribution in [1.82, 2.24) is 20.4 Å². The number of hydrogen-bond acceptors (Lipinski definition) is 3. The molecule has 5 heteroatoms. The molecule has 4 rings (SSSR count). The summed E-state index contributed by atoms with van der Waals surface area (Å²) in [6.07, 6.45) is 2.96. The Morgan fingerprint density at radius 1 is 1.18 bits per heavy atom. The first-order chi connectivity index (χ1) is 13.7. The molecule has 0 bridgehead atoms. The van der Waals surface area contributed by atoms with E-state index in [-0.39, 0.29) is 5.91 Å². The van der Waals surface area contributed by atoms with Gasteiger partial charge < -0.3 is 5.32 Å². The van der Waals surface area contributed by atoms with Crippen LogP contribution < -0.4 is 5.32 Å². The van der Waals surface area contributed by atoms with Gasteiger partial charge in [-0.15, -0.1) is 0 Å². The number of carbonyl (C=O) groups excluding carboxylic acids is 1. The van der Waals surface area contributed by atoms with Crippen molar-refractivity contribution >= 4 is 16.8 Å². The van der Waals surface area contributed by atoms with Crippen molar-refractivity contribution in [3.8, 4) is 0 Å². The number of aromatic nitrogens is 2. The van der Waals surface area contributed by atoms with E-state index in [0.717, 1.165) is 34.6 Å². The minimum absolute atomic E-state index is 0.000726. The molecule has 0 unspecified atom stereocenters. The second-order valence-corrected chi connectivity index (χ2v) is 7.97. The molecule has 1 aliphatic rings. The lowest BCUT2D eigenvalue weighted by molar-refractivity contribution is -0.120. The summed E-state index contributed by atoms with van der Waals surface area (Å²) in [7, 11) is 0. The molecule has 0 saturated carbocycles. The van der Waals surface area contributed by atoms with Crippen molar-refractivity contribution < 1.29 is 4.79 Å². The molecule has 1 fully saturated rings. The fourth-order valence-corrected chi connectivity index (χ4v) is 4.02. The van der Waals surface area contributed by atoms with Crippen molar-refractivity contribution in [2.45, 2.75) is 39.3 Å². The number of para-hydroxylation sites is 1. The lowest BCUT2D eigenvalue weighted by Gasteiger charge is -2.30. The van der Waals surface area contributed by atoms with Crippen LogP contribution in [0.4, 0.5) is 0 Å². The average Bonchev–Trinajstić information content (AvgIpc) is 3.10. The summed E-state index contributed by atoms with van der Waals surface area (Å²) in [5.74, 6) is 0.802. The summed E-state index contributed by atoms with van der Waals surface area (Å²) in [5.41, 5.74) is 4.22. The fraction of sp³-hybridized carbons (Fsp3) is 0.391. The third-order valence-corrected chi connectivity index (χ3v) is 5.54. The van der Waals surface area contributed by atoms with Crippen LogP contribution >= 0.6 is 0 Å². The largest absolute Gasteiger partial charge is 0.352 e. The lowest BCUT2D eigenvalue weighted by Crippen LogP contribution is -2.33. The number of amides is 1. The van der Waals surface area contributed by atoms with Crippen molar-refractivity contribution in [3.63, 3.8) is 0 Å². The summed E-state index contributed by atoms with van der Waals surface area (Å²) in [5, 5.41) is 11.2. The Hall–Kier alpha value is -2.66. The molecule has 1 atom stereocenters. The molecule has 2 N–H and O–H groups in total. The van der Waals surface area contributed by atoms with E-state index in [0.29, 0.717) is 13.0 Å². The zero-order chi connectivity index (χ0) is 19.3. The van der Waals surface area contributed by atoms with Gasteiger partial charge in [0.15, 0.2) is 0 Å². The zero-order valence-electron chi connectivity index (χ0n) is 16.4. The van der Waals surface area contributed by atoms with E-state index in [9.17, 15) is 4.79 Å². The number of piperidine rings is 1. The molecule has 3 aromatic rings. The highest BCUT2D eigenvalue weighted by Gasteiger charge is 2.16. The molecule has 28 heavy (non-hydrogen) atoms. The molecule has 5 nitrogen and oxygen atoms in total. The Balaban J connectivity index is 1.28.